The molecular weight excluding hydrogens is 449 g/mol. The fourth-order valence-corrected chi connectivity index (χ4v) is 4.04. The summed E-state index contributed by atoms with van der Waals surface area (Å²) >= 11 is 0. The van der Waals surface area contributed by atoms with Crippen LogP contribution in [-0.4, -0.2) is 35.3 Å². The molecule has 9 heteroatoms. The summed E-state index contributed by atoms with van der Waals surface area (Å²) in [6, 6.07) is 18.9. The number of Topliss-reactive ketones (excluding diaryl/α,β-unsaturated/α-hetero) is 1. The van der Waals surface area contributed by atoms with Gasteiger partial charge in [-0.1, -0.05) is 28.7 Å². The van der Waals surface area contributed by atoms with Gasteiger partial charge in [-0.15, -0.1) is 5.12 Å². The summed E-state index contributed by atoms with van der Waals surface area (Å²) in [4.78, 5) is 32.9. The Labute approximate surface area is 200 Å². The van der Waals surface area contributed by atoms with E-state index < -0.39 is 5.91 Å². The van der Waals surface area contributed by atoms with E-state index in [0.717, 1.165) is 11.4 Å². The van der Waals surface area contributed by atoms with Gasteiger partial charge >= 0.3 is 0 Å². The second-order valence-corrected chi connectivity index (χ2v) is 7.97. The molecule has 3 N–H and O–H groups in total. The summed E-state index contributed by atoms with van der Waals surface area (Å²) in [5, 5.41) is 6.40. The number of carbonyl (C=O) groups is 2. The molecule has 5 rings (SSSR count). The third-order valence-corrected chi connectivity index (χ3v) is 5.72. The molecule has 0 saturated heterocycles. The highest BCUT2D eigenvalue weighted by atomic mass is 19.2. The Morgan fingerprint density at radius 1 is 1.09 bits per heavy atom. The summed E-state index contributed by atoms with van der Waals surface area (Å²) in [6.07, 6.45) is 1.42. The van der Waals surface area contributed by atoms with E-state index in [0.29, 0.717) is 34.8 Å². The van der Waals surface area contributed by atoms with Crippen LogP contribution in [0.5, 0.6) is 5.75 Å². The molecule has 2 aromatic heterocycles. The molecule has 0 fully saturated rings. The molecule has 3 heterocycles. The first kappa shape index (κ1) is 22.3. The van der Waals surface area contributed by atoms with Gasteiger partial charge in [0.25, 0.3) is 5.91 Å². The Morgan fingerprint density at radius 2 is 1.91 bits per heavy atom. The van der Waals surface area contributed by atoms with Gasteiger partial charge in [0, 0.05) is 35.2 Å². The number of halogens is 1. The summed E-state index contributed by atoms with van der Waals surface area (Å²) in [7, 11) is 1.47. The maximum Gasteiger partial charge on any atom is 0.287 e. The average molecular weight is 471 g/mol. The number of H-pyrrole nitrogens is 1. The normalized spacial score (nSPS) is 12.7. The van der Waals surface area contributed by atoms with Crippen molar-refractivity contribution in [1.82, 2.24) is 15.3 Å². The van der Waals surface area contributed by atoms with Crippen molar-refractivity contribution in [3.8, 4) is 17.0 Å². The number of nitrogens with zero attached hydrogens (tertiary/aromatic N) is 2. The maximum atomic E-state index is 15.2. The second kappa shape index (κ2) is 9.40. The number of hydrogen-bond acceptors (Lipinski definition) is 6. The van der Waals surface area contributed by atoms with Gasteiger partial charge in [0.05, 0.1) is 30.6 Å². The lowest BCUT2D eigenvalue weighted by molar-refractivity contribution is 0.0928. The molecule has 0 unspecified atom stereocenters. The van der Waals surface area contributed by atoms with Gasteiger partial charge in [-0.25, -0.2) is 4.98 Å². The molecule has 1 aliphatic rings. The third kappa shape index (κ3) is 4.36. The Kier molecular flexibility index (Phi) is 5.99. The lowest BCUT2D eigenvalue weighted by Gasteiger charge is -2.15. The maximum absolute atomic E-state index is 15.2. The molecule has 1 aliphatic heterocycles. The predicted molar refractivity (Wildman–Crippen MR) is 131 cm³/mol. The van der Waals surface area contributed by atoms with Crippen molar-refractivity contribution >= 4 is 28.9 Å². The van der Waals surface area contributed by atoms with Gasteiger partial charge in [0.15, 0.2) is 11.6 Å². The van der Waals surface area contributed by atoms with Crippen molar-refractivity contribution < 1.29 is 18.8 Å². The molecule has 0 bridgehead atoms. The largest absolute Gasteiger partial charge is 0.497 e. The van der Waals surface area contributed by atoms with Crippen LogP contribution >= 0.6 is 0 Å². The van der Waals surface area contributed by atoms with Crippen LogP contribution < -0.4 is 20.5 Å². The van der Waals surface area contributed by atoms with Gasteiger partial charge in [-0.2, -0.15) is 0 Å². The molecule has 0 aliphatic carbocycles. The lowest BCUT2D eigenvalue weighted by Crippen LogP contribution is -2.29. The number of fused-ring (bicyclic) bond motifs is 1. The fourth-order valence-electron chi connectivity index (χ4n) is 4.04. The number of amides is 1. The lowest BCUT2D eigenvalue weighted by atomic mass is 10.0. The number of aromatic amines is 1. The SMILES string of the molecule is COc1cccc(C(=O)N(F)c2cc(-c3[nH]c4c(c3Nc3ccccc3)C(=O)CNC4)ccn2)c1. The number of aromatic nitrogens is 2. The van der Waals surface area contributed by atoms with E-state index in [1.165, 1.54) is 31.5 Å². The molecule has 2 aromatic carbocycles. The number of ketones is 1. The number of hydrogen-bond donors (Lipinski definition) is 3. The molecule has 8 nitrogen and oxygen atoms in total. The van der Waals surface area contributed by atoms with Gasteiger partial charge < -0.3 is 20.4 Å². The number of anilines is 3. The van der Waals surface area contributed by atoms with E-state index in [-0.39, 0.29) is 28.8 Å². The first-order chi connectivity index (χ1) is 17.0. The van der Waals surface area contributed by atoms with Crippen LogP contribution in [0, 0.1) is 0 Å². The topological polar surface area (TPSA) is 99.4 Å². The monoisotopic (exact) mass is 471 g/mol. The highest BCUT2D eigenvalue weighted by Gasteiger charge is 2.28. The summed E-state index contributed by atoms with van der Waals surface area (Å²) in [5.41, 5.74) is 3.98. The predicted octanol–water partition coefficient (Wildman–Crippen LogP) is 4.65. The fraction of sp³-hybridized carbons (Fsp3) is 0.115. The number of methoxy groups -OCH3 is 1. The number of ether oxygens (including phenoxy) is 1. The van der Waals surface area contributed by atoms with Crippen molar-refractivity contribution in [2.24, 2.45) is 0 Å². The summed E-state index contributed by atoms with van der Waals surface area (Å²) < 4.78 is 20.3. The number of nitrogens with one attached hydrogen (secondary N) is 3. The van der Waals surface area contributed by atoms with Crippen molar-refractivity contribution in [2.75, 3.05) is 24.1 Å². The van der Waals surface area contributed by atoms with Crippen molar-refractivity contribution in [3.63, 3.8) is 0 Å². The molecule has 176 valence electrons. The van der Waals surface area contributed by atoms with Crippen LogP contribution in [-0.2, 0) is 6.54 Å². The van der Waals surface area contributed by atoms with Gasteiger partial charge in [-0.3, -0.25) is 9.59 Å². The number of para-hydroxylation sites is 1. The average Bonchev–Trinajstić information content (AvgIpc) is 3.28. The molecule has 0 radical (unpaired) electrons. The van der Waals surface area contributed by atoms with E-state index in [4.69, 9.17) is 4.74 Å². The van der Waals surface area contributed by atoms with Crippen LogP contribution in [0.3, 0.4) is 0 Å². The Hall–Kier alpha value is -4.50. The Bertz CT molecular complexity index is 1400. The quantitative estimate of drug-likeness (QED) is 0.354. The highest BCUT2D eigenvalue weighted by molar-refractivity contribution is 6.08. The van der Waals surface area contributed by atoms with E-state index in [1.807, 2.05) is 30.3 Å². The van der Waals surface area contributed by atoms with Crippen LogP contribution in [0.15, 0.2) is 72.9 Å². The van der Waals surface area contributed by atoms with Crippen LogP contribution in [0.4, 0.5) is 21.7 Å². The number of pyridine rings is 1. The smallest absolute Gasteiger partial charge is 0.287 e. The minimum Gasteiger partial charge on any atom is -0.497 e. The number of rotatable bonds is 6. The van der Waals surface area contributed by atoms with Gasteiger partial charge in [0.1, 0.15) is 5.75 Å². The van der Waals surface area contributed by atoms with E-state index in [2.05, 4.69) is 20.6 Å². The highest BCUT2D eigenvalue weighted by Crippen LogP contribution is 2.37. The van der Waals surface area contributed by atoms with Crippen LogP contribution in [0.1, 0.15) is 26.4 Å². The zero-order chi connectivity index (χ0) is 24.4. The summed E-state index contributed by atoms with van der Waals surface area (Å²) in [6.45, 7) is 0.717. The molecule has 4 aromatic rings. The van der Waals surface area contributed by atoms with Gasteiger partial charge in [0.2, 0.25) is 0 Å². The molecule has 35 heavy (non-hydrogen) atoms. The number of carbonyl (C=O) groups excluding carboxylic acids is 2. The molecular formula is C26H22FN5O3. The van der Waals surface area contributed by atoms with E-state index in [1.54, 1.807) is 18.2 Å². The van der Waals surface area contributed by atoms with E-state index in [9.17, 15) is 9.59 Å². The Morgan fingerprint density at radius 3 is 2.71 bits per heavy atom. The minimum absolute atomic E-state index is 0.00186. The zero-order valence-electron chi connectivity index (χ0n) is 18.8. The van der Waals surface area contributed by atoms with Crippen molar-refractivity contribution in [1.29, 1.82) is 0 Å². The second-order valence-electron chi connectivity index (χ2n) is 7.97. The Balaban J connectivity index is 1.53. The van der Waals surface area contributed by atoms with E-state index >= 15 is 4.48 Å². The zero-order valence-corrected chi connectivity index (χ0v) is 18.8. The first-order valence-electron chi connectivity index (χ1n) is 11.0. The summed E-state index contributed by atoms with van der Waals surface area (Å²) in [5.74, 6) is -0.668. The standard InChI is InChI=1S/C26H22FN5O3/c1-35-19-9-5-6-17(12-19)26(34)32(27)22-13-16(10-11-29-22)24-25(30-18-7-3-2-4-8-18)23-20(31-24)14-28-15-21(23)33/h2-13,28,30-31H,14-15H2,1H3. The van der Waals surface area contributed by atoms with Crippen molar-refractivity contribution in [3.05, 3.63) is 89.7 Å². The first-order valence-corrected chi connectivity index (χ1v) is 11.0. The van der Waals surface area contributed by atoms with Crippen LogP contribution in [0.25, 0.3) is 11.3 Å². The molecule has 0 saturated carbocycles. The molecule has 0 atom stereocenters. The van der Waals surface area contributed by atoms with Gasteiger partial charge in [-0.05, 0) is 42.5 Å². The third-order valence-electron chi connectivity index (χ3n) is 5.72. The molecule has 1 amide bonds. The number of benzene rings is 2. The van der Waals surface area contributed by atoms with Crippen LogP contribution in [0.2, 0.25) is 0 Å². The minimum atomic E-state index is -0.874. The van der Waals surface area contributed by atoms with Crippen molar-refractivity contribution in [2.45, 2.75) is 6.54 Å². The molecule has 0 spiro atoms.